The number of nitrogens with one attached hydrogen (secondary N) is 1. The molecule has 150 valence electrons. The molecule has 0 radical (unpaired) electrons. The number of hydrogen-bond donors (Lipinski definition) is 1. The van der Waals surface area contributed by atoms with Crippen LogP contribution >= 0.6 is 11.6 Å². The second-order valence-electron chi connectivity index (χ2n) is 8.19. The topological polar surface area (TPSA) is 38.3 Å². The summed E-state index contributed by atoms with van der Waals surface area (Å²) in [6.45, 7) is 0. The maximum absolute atomic E-state index is 12.6. The number of hydrogen-bond acceptors (Lipinski definition) is 2. The van der Waals surface area contributed by atoms with Crippen molar-refractivity contribution < 1.29 is 31.0 Å². The van der Waals surface area contributed by atoms with Crippen molar-refractivity contribution in [3.63, 3.8) is 0 Å². The minimum atomic E-state index is -0.383. The van der Waals surface area contributed by atoms with Crippen molar-refractivity contribution in [2.24, 2.45) is 0 Å². The van der Waals surface area contributed by atoms with Crippen LogP contribution in [0, 0.1) is 0 Å². The van der Waals surface area contributed by atoms with E-state index in [1.54, 1.807) is 6.07 Å². The van der Waals surface area contributed by atoms with Gasteiger partial charge in [0.05, 0.1) is 31.9 Å². The van der Waals surface area contributed by atoms with Crippen LogP contribution in [0.2, 0.25) is 5.02 Å². The minimum Gasteiger partial charge on any atom is -1.00 e. The van der Waals surface area contributed by atoms with Gasteiger partial charge in [-0.3, -0.25) is 5.32 Å². The summed E-state index contributed by atoms with van der Waals surface area (Å²) in [7, 11) is 4.61. The number of benzene rings is 2. The maximum atomic E-state index is 12.6. The fourth-order valence-electron chi connectivity index (χ4n) is 4.70. The molecule has 0 aromatic heterocycles. The van der Waals surface area contributed by atoms with Crippen LogP contribution in [0.5, 0.6) is 0 Å². The second kappa shape index (κ2) is 8.44. The zero-order chi connectivity index (χ0) is 19.0. The van der Waals surface area contributed by atoms with Gasteiger partial charge in [0, 0.05) is 36.3 Å². The Kier molecular flexibility index (Phi) is 6.37. The molecule has 6 heteroatoms. The SMILES string of the molecule is C[N+]1(C)[C@@H]2CC[C@H]1CC(OC(=O)Nc1ccc(Cl)cc1-c1ccccc1)C2.[Br-]. The quantitative estimate of drug-likeness (QED) is 0.707. The van der Waals surface area contributed by atoms with Gasteiger partial charge >= 0.3 is 6.09 Å². The molecule has 1 unspecified atom stereocenters. The number of halogens is 2. The van der Waals surface area contributed by atoms with Gasteiger partial charge in [0.15, 0.2) is 0 Å². The van der Waals surface area contributed by atoms with Crippen molar-refractivity contribution in [3.8, 4) is 11.1 Å². The Morgan fingerprint density at radius 3 is 2.36 bits per heavy atom. The molecule has 0 aliphatic carbocycles. The van der Waals surface area contributed by atoms with Crippen molar-refractivity contribution >= 4 is 23.4 Å². The smallest absolute Gasteiger partial charge is 0.411 e. The van der Waals surface area contributed by atoms with Crippen LogP contribution in [0.1, 0.15) is 25.7 Å². The van der Waals surface area contributed by atoms with E-state index in [2.05, 4.69) is 19.4 Å². The van der Waals surface area contributed by atoms with Crippen LogP contribution in [-0.2, 0) is 4.74 Å². The Bertz CT molecular complexity index is 828. The zero-order valence-electron chi connectivity index (χ0n) is 16.2. The first-order chi connectivity index (χ1) is 12.9. The number of carbonyl (C=O) groups is 1. The lowest BCUT2D eigenvalue weighted by Gasteiger charge is -2.43. The number of rotatable bonds is 3. The molecule has 2 heterocycles. The molecule has 2 aromatic carbocycles. The summed E-state index contributed by atoms with van der Waals surface area (Å²) in [5.74, 6) is 0. The summed E-state index contributed by atoms with van der Waals surface area (Å²) in [5, 5.41) is 3.57. The highest BCUT2D eigenvalue weighted by Crippen LogP contribution is 2.40. The Morgan fingerprint density at radius 1 is 1.07 bits per heavy atom. The van der Waals surface area contributed by atoms with E-state index in [1.165, 1.54) is 12.8 Å². The summed E-state index contributed by atoms with van der Waals surface area (Å²) in [5.41, 5.74) is 2.61. The molecule has 28 heavy (non-hydrogen) atoms. The van der Waals surface area contributed by atoms with Crippen LogP contribution in [0.3, 0.4) is 0 Å². The predicted octanol–water partition coefficient (Wildman–Crippen LogP) is 2.33. The van der Waals surface area contributed by atoms with Gasteiger partial charge in [0.1, 0.15) is 6.10 Å². The summed E-state index contributed by atoms with van der Waals surface area (Å²) in [6, 6.07) is 16.6. The normalized spacial score (nSPS) is 24.9. The molecule has 1 N–H and O–H groups in total. The van der Waals surface area contributed by atoms with Crippen molar-refractivity contribution in [2.45, 2.75) is 43.9 Å². The Hall–Kier alpha value is -1.56. The fourth-order valence-corrected chi connectivity index (χ4v) is 4.87. The summed E-state index contributed by atoms with van der Waals surface area (Å²) >= 11 is 6.18. The van der Waals surface area contributed by atoms with E-state index in [9.17, 15) is 4.79 Å². The van der Waals surface area contributed by atoms with E-state index in [-0.39, 0.29) is 29.2 Å². The molecule has 1 amide bonds. The molecule has 2 aromatic rings. The van der Waals surface area contributed by atoms with Gasteiger partial charge in [-0.15, -0.1) is 0 Å². The Labute approximate surface area is 182 Å². The largest absolute Gasteiger partial charge is 1.00 e. The Balaban J connectivity index is 0.00000225. The van der Waals surface area contributed by atoms with Crippen LogP contribution < -0.4 is 22.3 Å². The monoisotopic (exact) mass is 464 g/mol. The van der Waals surface area contributed by atoms with Gasteiger partial charge in [0.2, 0.25) is 0 Å². The predicted molar refractivity (Wildman–Crippen MR) is 109 cm³/mol. The third-order valence-corrected chi connectivity index (χ3v) is 6.60. The van der Waals surface area contributed by atoms with Crippen LogP contribution in [0.4, 0.5) is 10.5 Å². The molecule has 2 saturated heterocycles. The van der Waals surface area contributed by atoms with E-state index in [0.717, 1.165) is 28.5 Å². The molecular weight excluding hydrogens is 440 g/mol. The number of piperidine rings is 1. The Morgan fingerprint density at radius 2 is 1.71 bits per heavy atom. The highest BCUT2D eigenvalue weighted by molar-refractivity contribution is 6.31. The van der Waals surface area contributed by atoms with E-state index in [1.807, 2.05) is 42.5 Å². The van der Waals surface area contributed by atoms with Crippen molar-refractivity contribution in [1.29, 1.82) is 0 Å². The second-order valence-corrected chi connectivity index (χ2v) is 8.63. The highest BCUT2D eigenvalue weighted by Gasteiger charge is 2.49. The van der Waals surface area contributed by atoms with Crippen molar-refractivity contribution in [1.82, 2.24) is 0 Å². The van der Waals surface area contributed by atoms with Crippen LogP contribution in [-0.4, -0.2) is 42.9 Å². The first-order valence-electron chi connectivity index (χ1n) is 9.59. The maximum Gasteiger partial charge on any atom is 0.411 e. The zero-order valence-corrected chi connectivity index (χ0v) is 18.5. The average Bonchev–Trinajstić information content (AvgIpc) is 2.81. The van der Waals surface area contributed by atoms with E-state index in [4.69, 9.17) is 16.3 Å². The highest BCUT2D eigenvalue weighted by atomic mass is 79.9. The number of quaternary nitrogens is 1. The first kappa shape index (κ1) is 21.2. The molecule has 0 spiro atoms. The number of carbonyl (C=O) groups excluding carboxylic acids is 1. The van der Waals surface area contributed by atoms with E-state index in [0.29, 0.717) is 22.8 Å². The first-order valence-corrected chi connectivity index (χ1v) is 9.97. The lowest BCUT2D eigenvalue weighted by Crippen LogP contribution is -3.00. The summed E-state index contributed by atoms with van der Waals surface area (Å²) in [6.07, 6.45) is 3.97. The minimum absolute atomic E-state index is 0. The molecule has 3 atom stereocenters. The molecule has 4 nitrogen and oxygen atoms in total. The molecule has 4 rings (SSSR count). The lowest BCUT2D eigenvalue weighted by atomic mass is 9.98. The van der Waals surface area contributed by atoms with Crippen LogP contribution in [0.25, 0.3) is 11.1 Å². The number of fused-ring (bicyclic) bond motifs is 2. The van der Waals surface area contributed by atoms with Crippen LogP contribution in [0.15, 0.2) is 48.5 Å². The molecular formula is C22H26BrClN2O2. The van der Waals surface area contributed by atoms with Gasteiger partial charge in [-0.1, -0.05) is 41.9 Å². The molecule has 0 saturated carbocycles. The molecule has 2 aliphatic heterocycles. The molecule has 2 aliphatic rings. The standard InChI is InChI=1S/C22H25ClN2O2.BrH/c1-25(2)17-9-10-18(25)14-19(13-17)27-22(26)24-21-11-8-16(23)12-20(21)15-6-4-3-5-7-15;/h3-8,11-12,17-19H,9-10,13-14H2,1-2H3;1H/t17-,18+,19?;. The van der Waals surface area contributed by atoms with Gasteiger partial charge in [0.25, 0.3) is 0 Å². The van der Waals surface area contributed by atoms with E-state index < -0.39 is 0 Å². The van der Waals surface area contributed by atoms with Gasteiger partial charge in [-0.2, -0.15) is 0 Å². The van der Waals surface area contributed by atoms with E-state index >= 15 is 0 Å². The number of ether oxygens (including phenoxy) is 1. The number of anilines is 1. The third kappa shape index (κ3) is 4.22. The van der Waals surface area contributed by atoms with Gasteiger partial charge < -0.3 is 26.2 Å². The lowest BCUT2D eigenvalue weighted by molar-refractivity contribution is -0.931. The third-order valence-electron chi connectivity index (χ3n) is 6.36. The van der Waals surface area contributed by atoms with Gasteiger partial charge in [-0.25, -0.2) is 4.79 Å². The molecule has 2 bridgehead atoms. The van der Waals surface area contributed by atoms with Gasteiger partial charge in [-0.05, 0) is 23.8 Å². The molecule has 2 fully saturated rings. The fraction of sp³-hybridized carbons (Fsp3) is 0.409. The summed E-state index contributed by atoms with van der Waals surface area (Å²) < 4.78 is 6.86. The van der Waals surface area contributed by atoms with Crippen molar-refractivity contribution in [3.05, 3.63) is 53.6 Å². The average molecular weight is 466 g/mol. The summed E-state index contributed by atoms with van der Waals surface area (Å²) in [4.78, 5) is 12.6. The van der Waals surface area contributed by atoms with Crippen molar-refractivity contribution in [2.75, 3.05) is 19.4 Å². The number of nitrogens with zero attached hydrogens (tertiary/aromatic N) is 1. The number of amides is 1.